The number of carbonyl (C=O) groups excluding carboxylic acids is 1. The predicted octanol–water partition coefficient (Wildman–Crippen LogP) is 4.69. The molecular formula is C25H23N3O3. The van der Waals surface area contributed by atoms with Gasteiger partial charge in [0, 0.05) is 31.1 Å². The number of hydrogen-bond acceptors (Lipinski definition) is 4. The topological polar surface area (TPSA) is 65.4 Å². The van der Waals surface area contributed by atoms with Crippen LogP contribution in [-0.2, 0) is 17.8 Å². The molecule has 1 aromatic heterocycles. The molecule has 0 aliphatic carbocycles. The van der Waals surface area contributed by atoms with E-state index in [-0.39, 0.29) is 12.7 Å². The van der Waals surface area contributed by atoms with E-state index in [4.69, 9.17) is 14.5 Å². The molecule has 31 heavy (non-hydrogen) atoms. The fourth-order valence-electron chi connectivity index (χ4n) is 3.93. The van der Waals surface area contributed by atoms with Gasteiger partial charge in [0.1, 0.15) is 5.82 Å². The zero-order valence-corrected chi connectivity index (χ0v) is 17.3. The molecule has 1 N–H and O–H groups in total. The lowest BCUT2D eigenvalue weighted by molar-refractivity contribution is -0.116. The molecule has 0 spiro atoms. The Kier molecular flexibility index (Phi) is 5.04. The zero-order chi connectivity index (χ0) is 21.2. The minimum atomic E-state index is -0.0573. The van der Waals surface area contributed by atoms with Gasteiger partial charge in [0.05, 0.1) is 11.0 Å². The van der Waals surface area contributed by atoms with Crippen LogP contribution in [0.25, 0.3) is 11.0 Å². The normalized spacial score (nSPS) is 12.3. The van der Waals surface area contributed by atoms with Crippen LogP contribution in [0.4, 0.5) is 5.69 Å². The highest BCUT2D eigenvalue weighted by Crippen LogP contribution is 2.34. The van der Waals surface area contributed by atoms with E-state index in [0.717, 1.165) is 23.3 Å². The number of nitrogens with one attached hydrogen (secondary N) is 1. The third kappa shape index (κ3) is 4.10. The molecule has 0 fully saturated rings. The molecule has 2 heterocycles. The molecule has 156 valence electrons. The number of benzene rings is 3. The summed E-state index contributed by atoms with van der Waals surface area (Å²) in [5.41, 5.74) is 5.12. The van der Waals surface area contributed by atoms with Crippen LogP contribution in [0.1, 0.15) is 23.4 Å². The van der Waals surface area contributed by atoms with Crippen molar-refractivity contribution >= 4 is 22.6 Å². The van der Waals surface area contributed by atoms with Crippen LogP contribution >= 0.6 is 0 Å². The Balaban J connectivity index is 1.33. The van der Waals surface area contributed by atoms with Crippen molar-refractivity contribution in [3.8, 4) is 11.5 Å². The van der Waals surface area contributed by atoms with Gasteiger partial charge in [-0.2, -0.15) is 0 Å². The summed E-state index contributed by atoms with van der Waals surface area (Å²) in [7, 11) is 0. The van der Waals surface area contributed by atoms with E-state index in [1.54, 1.807) is 12.1 Å². The van der Waals surface area contributed by atoms with Gasteiger partial charge in [0.25, 0.3) is 0 Å². The van der Waals surface area contributed by atoms with Crippen molar-refractivity contribution in [2.75, 3.05) is 12.1 Å². The number of fused-ring (bicyclic) bond motifs is 2. The van der Waals surface area contributed by atoms with Crippen LogP contribution < -0.4 is 14.8 Å². The number of aryl methyl sites for hydroxylation is 2. The lowest BCUT2D eigenvalue weighted by Crippen LogP contribution is -2.15. The third-order valence-electron chi connectivity index (χ3n) is 5.40. The van der Waals surface area contributed by atoms with Gasteiger partial charge in [-0.15, -0.1) is 0 Å². The summed E-state index contributed by atoms with van der Waals surface area (Å²) < 4.78 is 12.9. The molecular weight excluding hydrogens is 390 g/mol. The van der Waals surface area contributed by atoms with E-state index in [1.807, 2.05) is 24.3 Å². The second-order valence-corrected chi connectivity index (χ2v) is 7.70. The number of ether oxygens (including phenoxy) is 2. The summed E-state index contributed by atoms with van der Waals surface area (Å²) in [6.45, 7) is 2.86. The summed E-state index contributed by atoms with van der Waals surface area (Å²) >= 11 is 0. The van der Waals surface area contributed by atoms with Crippen molar-refractivity contribution in [2.45, 2.75) is 26.3 Å². The smallest absolute Gasteiger partial charge is 0.231 e. The monoisotopic (exact) mass is 413 g/mol. The lowest BCUT2D eigenvalue weighted by Gasteiger charge is -2.11. The van der Waals surface area contributed by atoms with Crippen molar-refractivity contribution in [3.63, 3.8) is 0 Å². The minimum Gasteiger partial charge on any atom is -0.454 e. The zero-order valence-electron chi connectivity index (χ0n) is 17.3. The predicted molar refractivity (Wildman–Crippen MR) is 120 cm³/mol. The Morgan fingerprint density at radius 3 is 2.81 bits per heavy atom. The van der Waals surface area contributed by atoms with Gasteiger partial charge in [-0.25, -0.2) is 4.98 Å². The summed E-state index contributed by atoms with van der Waals surface area (Å²) in [5.74, 6) is 2.25. The molecule has 0 saturated carbocycles. The van der Waals surface area contributed by atoms with Crippen LogP contribution in [0, 0.1) is 6.92 Å². The Morgan fingerprint density at radius 2 is 1.90 bits per heavy atom. The van der Waals surface area contributed by atoms with Gasteiger partial charge in [-0.05, 0) is 36.8 Å². The molecule has 0 saturated heterocycles. The van der Waals surface area contributed by atoms with Crippen molar-refractivity contribution in [2.24, 2.45) is 0 Å². The number of carbonyl (C=O) groups is 1. The molecule has 6 heteroatoms. The molecule has 0 atom stereocenters. The summed E-state index contributed by atoms with van der Waals surface area (Å²) in [4.78, 5) is 17.5. The first-order valence-electron chi connectivity index (χ1n) is 10.3. The van der Waals surface area contributed by atoms with Crippen molar-refractivity contribution in [3.05, 3.63) is 83.7 Å². The summed E-state index contributed by atoms with van der Waals surface area (Å²) in [6.07, 6.45) is 1.07. The van der Waals surface area contributed by atoms with Gasteiger partial charge in [-0.3, -0.25) is 4.79 Å². The maximum Gasteiger partial charge on any atom is 0.231 e. The number of para-hydroxylation sites is 2. The highest BCUT2D eigenvalue weighted by molar-refractivity contribution is 5.91. The number of rotatable bonds is 6. The van der Waals surface area contributed by atoms with Gasteiger partial charge in [0.15, 0.2) is 11.5 Å². The second kappa shape index (κ2) is 8.14. The maximum atomic E-state index is 12.6. The van der Waals surface area contributed by atoms with E-state index in [2.05, 4.69) is 47.1 Å². The first-order valence-corrected chi connectivity index (χ1v) is 10.3. The molecule has 6 nitrogen and oxygen atoms in total. The minimum absolute atomic E-state index is 0.0573. The molecule has 0 radical (unpaired) electrons. The van der Waals surface area contributed by atoms with Crippen LogP contribution in [0.2, 0.25) is 0 Å². The average molecular weight is 413 g/mol. The van der Waals surface area contributed by atoms with Crippen LogP contribution in [-0.4, -0.2) is 22.3 Å². The molecule has 0 unspecified atom stereocenters. The third-order valence-corrected chi connectivity index (χ3v) is 5.40. The molecule has 3 aromatic carbocycles. The maximum absolute atomic E-state index is 12.6. The number of imidazole rings is 1. The first-order chi connectivity index (χ1) is 15.2. The number of amides is 1. The number of aromatic nitrogens is 2. The molecule has 0 bridgehead atoms. The molecule has 4 aromatic rings. The Labute approximate surface area is 180 Å². The number of nitrogens with zero attached hydrogens (tertiary/aromatic N) is 2. The van der Waals surface area contributed by atoms with E-state index >= 15 is 0 Å². The van der Waals surface area contributed by atoms with Gasteiger partial charge in [-0.1, -0.05) is 42.0 Å². The van der Waals surface area contributed by atoms with Gasteiger partial charge >= 0.3 is 0 Å². The Bertz CT molecular complexity index is 1260. The van der Waals surface area contributed by atoms with Crippen LogP contribution in [0.3, 0.4) is 0 Å². The van der Waals surface area contributed by atoms with Crippen molar-refractivity contribution < 1.29 is 14.3 Å². The summed E-state index contributed by atoms with van der Waals surface area (Å²) in [6, 6.07) is 21.9. The average Bonchev–Trinajstić information content (AvgIpc) is 3.36. The fourth-order valence-corrected chi connectivity index (χ4v) is 3.93. The lowest BCUT2D eigenvalue weighted by atomic mass is 10.1. The highest BCUT2D eigenvalue weighted by Gasteiger charge is 2.15. The molecule has 1 aliphatic rings. The molecule has 5 rings (SSSR count). The molecule has 1 amide bonds. The first kappa shape index (κ1) is 19.2. The van der Waals surface area contributed by atoms with Gasteiger partial charge < -0.3 is 19.4 Å². The molecule has 1 aliphatic heterocycles. The number of anilines is 1. The highest BCUT2D eigenvalue weighted by atomic mass is 16.7. The largest absolute Gasteiger partial charge is 0.454 e. The second-order valence-electron chi connectivity index (χ2n) is 7.70. The standard InChI is InChI=1S/C25H23N3O3/c1-17-5-4-6-18(13-17)14-24-27-20-7-2-3-8-21(20)28(24)12-11-25(29)26-19-9-10-22-23(15-19)31-16-30-22/h2-10,13,15H,11-12,14,16H2,1H3,(H,26,29). The Morgan fingerprint density at radius 1 is 1.03 bits per heavy atom. The van der Waals surface area contributed by atoms with E-state index in [1.165, 1.54) is 11.1 Å². The van der Waals surface area contributed by atoms with E-state index in [9.17, 15) is 4.79 Å². The van der Waals surface area contributed by atoms with Crippen molar-refractivity contribution in [1.82, 2.24) is 9.55 Å². The summed E-state index contributed by atoms with van der Waals surface area (Å²) in [5, 5.41) is 2.95. The van der Waals surface area contributed by atoms with Crippen LogP contribution in [0.5, 0.6) is 11.5 Å². The quantitative estimate of drug-likeness (QED) is 0.498. The van der Waals surface area contributed by atoms with Gasteiger partial charge in [0.2, 0.25) is 12.7 Å². The number of hydrogen-bond donors (Lipinski definition) is 1. The van der Waals surface area contributed by atoms with Crippen LogP contribution in [0.15, 0.2) is 66.7 Å². The fraction of sp³-hybridized carbons (Fsp3) is 0.200. The van der Waals surface area contributed by atoms with E-state index in [0.29, 0.717) is 30.2 Å². The Hall–Kier alpha value is -3.80. The van der Waals surface area contributed by atoms with E-state index < -0.39 is 0 Å². The SMILES string of the molecule is Cc1cccc(Cc2nc3ccccc3n2CCC(=O)Nc2ccc3c(c2)OCO3)c1. The van der Waals surface area contributed by atoms with Crippen molar-refractivity contribution in [1.29, 1.82) is 0 Å².